The highest BCUT2D eigenvalue weighted by atomic mass is 19.1. The van der Waals surface area contributed by atoms with Crippen LogP contribution in [0.3, 0.4) is 0 Å². The minimum Gasteiger partial charge on any atom is -0.493 e. The molecule has 0 aliphatic heterocycles. The molecule has 0 saturated carbocycles. The van der Waals surface area contributed by atoms with Crippen LogP contribution in [0.1, 0.15) is 5.56 Å². The van der Waals surface area contributed by atoms with E-state index in [2.05, 4.69) is 15.1 Å². The third kappa shape index (κ3) is 1.58. The van der Waals surface area contributed by atoms with Gasteiger partial charge < -0.3 is 5.11 Å². The molecule has 6 heteroatoms. The molecule has 0 aliphatic carbocycles. The Kier molecular flexibility index (Phi) is 2.22. The van der Waals surface area contributed by atoms with Gasteiger partial charge in [0.1, 0.15) is 5.82 Å². The SMILES string of the molecule is Cc1cnn2c(O)cc(-c3cncc(F)c3)nc12. The zero-order chi connectivity index (χ0) is 12.7. The van der Waals surface area contributed by atoms with Crippen LogP contribution in [0.25, 0.3) is 16.9 Å². The number of rotatable bonds is 1. The number of halogens is 1. The number of fused-ring (bicyclic) bond motifs is 1. The summed E-state index contributed by atoms with van der Waals surface area (Å²) in [5.74, 6) is -0.494. The number of aromatic hydroxyl groups is 1. The maximum atomic E-state index is 13.1. The normalized spacial score (nSPS) is 11.0. The van der Waals surface area contributed by atoms with Crippen LogP contribution in [0.4, 0.5) is 4.39 Å². The summed E-state index contributed by atoms with van der Waals surface area (Å²) in [4.78, 5) is 8.10. The van der Waals surface area contributed by atoms with Crippen molar-refractivity contribution in [2.75, 3.05) is 0 Å². The first kappa shape index (κ1) is 10.6. The molecule has 0 aliphatic rings. The monoisotopic (exact) mass is 244 g/mol. The Morgan fingerprint density at radius 3 is 2.83 bits per heavy atom. The topological polar surface area (TPSA) is 63.3 Å². The van der Waals surface area contributed by atoms with Crippen molar-refractivity contribution in [3.05, 3.63) is 42.1 Å². The minimum absolute atomic E-state index is 0.0487. The van der Waals surface area contributed by atoms with Gasteiger partial charge in [-0.1, -0.05) is 0 Å². The van der Waals surface area contributed by atoms with E-state index in [1.807, 2.05) is 6.92 Å². The van der Waals surface area contributed by atoms with Gasteiger partial charge in [-0.25, -0.2) is 9.37 Å². The standard InChI is InChI=1S/C12H9FN4O/c1-7-4-15-17-11(18)3-10(16-12(7)17)8-2-9(13)6-14-5-8/h2-6,18H,1H3. The number of hydrogen-bond donors (Lipinski definition) is 1. The summed E-state index contributed by atoms with van der Waals surface area (Å²) in [5, 5.41) is 13.8. The van der Waals surface area contributed by atoms with Crippen LogP contribution < -0.4 is 0 Å². The highest BCUT2D eigenvalue weighted by Crippen LogP contribution is 2.23. The van der Waals surface area contributed by atoms with Gasteiger partial charge in [0.15, 0.2) is 5.65 Å². The largest absolute Gasteiger partial charge is 0.493 e. The van der Waals surface area contributed by atoms with Gasteiger partial charge in [0.05, 0.1) is 18.1 Å². The lowest BCUT2D eigenvalue weighted by Crippen LogP contribution is -1.95. The molecule has 0 atom stereocenters. The highest BCUT2D eigenvalue weighted by Gasteiger charge is 2.10. The number of hydrogen-bond acceptors (Lipinski definition) is 4. The Morgan fingerprint density at radius 2 is 2.06 bits per heavy atom. The van der Waals surface area contributed by atoms with E-state index in [1.165, 1.54) is 22.8 Å². The highest BCUT2D eigenvalue weighted by molar-refractivity contribution is 5.63. The van der Waals surface area contributed by atoms with Crippen molar-refractivity contribution < 1.29 is 9.50 Å². The second kappa shape index (κ2) is 3.76. The quantitative estimate of drug-likeness (QED) is 0.710. The van der Waals surface area contributed by atoms with Crippen LogP contribution >= 0.6 is 0 Å². The molecule has 0 radical (unpaired) electrons. The molecule has 1 N–H and O–H groups in total. The van der Waals surface area contributed by atoms with Crippen LogP contribution in [0.2, 0.25) is 0 Å². The van der Waals surface area contributed by atoms with Gasteiger partial charge in [-0.15, -0.1) is 0 Å². The zero-order valence-corrected chi connectivity index (χ0v) is 9.50. The molecule has 3 rings (SSSR count). The minimum atomic E-state index is -0.445. The zero-order valence-electron chi connectivity index (χ0n) is 9.50. The second-order valence-corrected chi connectivity index (χ2v) is 3.95. The number of aryl methyl sites for hydroxylation is 1. The first-order chi connectivity index (χ1) is 8.65. The van der Waals surface area contributed by atoms with E-state index in [1.54, 1.807) is 6.20 Å². The molecule has 3 heterocycles. The predicted molar refractivity (Wildman–Crippen MR) is 62.6 cm³/mol. The van der Waals surface area contributed by atoms with E-state index in [0.717, 1.165) is 11.8 Å². The van der Waals surface area contributed by atoms with Crippen molar-refractivity contribution in [2.45, 2.75) is 6.92 Å². The van der Waals surface area contributed by atoms with E-state index in [4.69, 9.17) is 0 Å². The molecule has 0 fully saturated rings. The van der Waals surface area contributed by atoms with Gasteiger partial charge in [-0.05, 0) is 13.0 Å². The molecule has 3 aromatic rings. The summed E-state index contributed by atoms with van der Waals surface area (Å²) < 4.78 is 14.4. The molecule has 0 aromatic carbocycles. The average molecular weight is 244 g/mol. The molecule has 0 amide bonds. The Bertz CT molecular complexity index is 738. The maximum Gasteiger partial charge on any atom is 0.216 e. The summed E-state index contributed by atoms with van der Waals surface area (Å²) in [6.45, 7) is 1.84. The van der Waals surface area contributed by atoms with E-state index >= 15 is 0 Å². The average Bonchev–Trinajstić information content (AvgIpc) is 2.72. The van der Waals surface area contributed by atoms with E-state index in [0.29, 0.717) is 16.9 Å². The van der Waals surface area contributed by atoms with Gasteiger partial charge in [-0.3, -0.25) is 4.98 Å². The van der Waals surface area contributed by atoms with Gasteiger partial charge in [0, 0.05) is 23.4 Å². The first-order valence-electron chi connectivity index (χ1n) is 5.30. The van der Waals surface area contributed by atoms with Crippen molar-refractivity contribution in [3.63, 3.8) is 0 Å². The number of nitrogens with zero attached hydrogens (tertiary/aromatic N) is 4. The van der Waals surface area contributed by atoms with Crippen molar-refractivity contribution in [2.24, 2.45) is 0 Å². The Morgan fingerprint density at radius 1 is 1.22 bits per heavy atom. The fourth-order valence-corrected chi connectivity index (χ4v) is 1.76. The summed E-state index contributed by atoms with van der Waals surface area (Å²) in [5.41, 5.74) is 2.33. The molecule has 3 aromatic heterocycles. The smallest absolute Gasteiger partial charge is 0.216 e. The first-order valence-corrected chi connectivity index (χ1v) is 5.30. The predicted octanol–water partition coefficient (Wildman–Crippen LogP) is 1.94. The van der Waals surface area contributed by atoms with Gasteiger partial charge in [-0.2, -0.15) is 9.61 Å². The number of pyridine rings is 1. The van der Waals surface area contributed by atoms with Gasteiger partial charge >= 0.3 is 0 Å². The summed E-state index contributed by atoms with van der Waals surface area (Å²) >= 11 is 0. The van der Waals surface area contributed by atoms with E-state index in [9.17, 15) is 9.50 Å². The van der Waals surface area contributed by atoms with Crippen molar-refractivity contribution in [3.8, 4) is 17.1 Å². The van der Waals surface area contributed by atoms with Crippen LogP contribution in [0.15, 0.2) is 30.7 Å². The molecule has 0 unspecified atom stereocenters. The van der Waals surface area contributed by atoms with Crippen molar-refractivity contribution in [1.82, 2.24) is 19.6 Å². The van der Waals surface area contributed by atoms with Crippen LogP contribution in [-0.2, 0) is 0 Å². The van der Waals surface area contributed by atoms with Crippen LogP contribution in [-0.4, -0.2) is 24.7 Å². The fraction of sp³-hybridized carbons (Fsp3) is 0.0833. The Balaban J connectivity index is 2.27. The lowest BCUT2D eigenvalue weighted by atomic mass is 10.2. The summed E-state index contributed by atoms with van der Waals surface area (Å²) in [6, 6.07) is 2.74. The van der Waals surface area contributed by atoms with Crippen molar-refractivity contribution in [1.29, 1.82) is 0 Å². The van der Waals surface area contributed by atoms with Gasteiger partial charge in [0.25, 0.3) is 0 Å². The summed E-state index contributed by atoms with van der Waals surface area (Å²) in [7, 11) is 0. The van der Waals surface area contributed by atoms with Gasteiger partial charge in [0.2, 0.25) is 5.88 Å². The van der Waals surface area contributed by atoms with E-state index < -0.39 is 5.82 Å². The lowest BCUT2D eigenvalue weighted by molar-refractivity contribution is 0.435. The molecule has 0 saturated heterocycles. The fourth-order valence-electron chi connectivity index (χ4n) is 1.76. The number of aromatic nitrogens is 4. The Hall–Kier alpha value is -2.50. The maximum absolute atomic E-state index is 13.1. The molecule has 90 valence electrons. The third-order valence-corrected chi connectivity index (χ3v) is 2.63. The lowest BCUT2D eigenvalue weighted by Gasteiger charge is -2.04. The van der Waals surface area contributed by atoms with Crippen molar-refractivity contribution >= 4 is 5.65 Å². The Labute approximate surface area is 102 Å². The summed E-state index contributed by atoms with van der Waals surface area (Å²) in [6.07, 6.45) is 4.22. The second-order valence-electron chi connectivity index (χ2n) is 3.95. The molecular weight excluding hydrogens is 235 g/mol. The molecule has 0 bridgehead atoms. The molecular formula is C12H9FN4O. The third-order valence-electron chi connectivity index (χ3n) is 2.63. The van der Waals surface area contributed by atoms with E-state index in [-0.39, 0.29) is 5.88 Å². The van der Waals surface area contributed by atoms with Crippen LogP contribution in [0.5, 0.6) is 5.88 Å². The molecule has 0 spiro atoms. The van der Waals surface area contributed by atoms with Crippen LogP contribution in [0, 0.1) is 12.7 Å². The molecule has 5 nitrogen and oxygen atoms in total. The molecule has 18 heavy (non-hydrogen) atoms.